The Kier molecular flexibility index (Phi) is 3.50. The minimum absolute atomic E-state index is 0.0524. The van der Waals surface area contributed by atoms with E-state index in [2.05, 4.69) is 37.7 Å². The number of nitrogens with zero attached hydrogens (tertiary/aromatic N) is 3. The Morgan fingerprint density at radius 2 is 2.20 bits per heavy atom. The number of amidine groups is 1. The summed E-state index contributed by atoms with van der Waals surface area (Å²) in [5.74, 6) is 0.704. The highest BCUT2D eigenvalue weighted by molar-refractivity contribution is 5.85. The van der Waals surface area contributed by atoms with Crippen molar-refractivity contribution >= 4 is 5.84 Å². The Morgan fingerprint density at radius 1 is 1.53 bits per heavy atom. The van der Waals surface area contributed by atoms with Crippen molar-refractivity contribution in [3.8, 4) is 0 Å². The van der Waals surface area contributed by atoms with Crippen LogP contribution in [0.25, 0.3) is 0 Å². The van der Waals surface area contributed by atoms with Gasteiger partial charge in [0.15, 0.2) is 0 Å². The van der Waals surface area contributed by atoms with Crippen LogP contribution in [0.4, 0.5) is 0 Å². The van der Waals surface area contributed by atoms with Gasteiger partial charge in [0.2, 0.25) is 0 Å². The maximum atomic E-state index is 5.91. The topological polar surface area (TPSA) is 56.2 Å². The van der Waals surface area contributed by atoms with Crippen LogP contribution in [0, 0.1) is 5.41 Å². The van der Waals surface area contributed by atoms with Crippen LogP contribution in [0.2, 0.25) is 0 Å². The van der Waals surface area contributed by atoms with Crippen molar-refractivity contribution in [2.45, 2.75) is 40.3 Å². The Bertz CT molecular complexity index is 319. The van der Waals surface area contributed by atoms with E-state index in [1.165, 1.54) is 0 Å². The molecule has 1 unspecified atom stereocenters. The Balaban J connectivity index is 2.59. The fraction of sp³-hybridized carbons (Fsp3) is 0.636. The molecule has 1 rings (SSSR count). The van der Waals surface area contributed by atoms with E-state index in [-0.39, 0.29) is 11.5 Å². The third kappa shape index (κ3) is 3.73. The van der Waals surface area contributed by atoms with Crippen LogP contribution in [-0.2, 0) is 6.54 Å². The molecule has 0 aliphatic carbocycles. The number of aliphatic imine (C=N–C) groups is 1. The van der Waals surface area contributed by atoms with Gasteiger partial charge in [0.1, 0.15) is 0 Å². The third-order valence-corrected chi connectivity index (χ3v) is 2.16. The van der Waals surface area contributed by atoms with E-state index in [0.29, 0.717) is 5.84 Å². The van der Waals surface area contributed by atoms with E-state index in [1.807, 2.05) is 10.8 Å². The third-order valence-electron chi connectivity index (χ3n) is 2.16. The molecule has 0 aliphatic heterocycles. The predicted octanol–water partition coefficient (Wildman–Crippen LogP) is 1.67. The fourth-order valence-electron chi connectivity index (χ4n) is 1.17. The number of imidazole rings is 1. The van der Waals surface area contributed by atoms with Crippen molar-refractivity contribution in [3.05, 3.63) is 18.7 Å². The van der Waals surface area contributed by atoms with Gasteiger partial charge in [0.05, 0.1) is 18.2 Å². The van der Waals surface area contributed by atoms with E-state index in [1.54, 1.807) is 12.5 Å². The predicted molar refractivity (Wildman–Crippen MR) is 62.8 cm³/mol. The van der Waals surface area contributed by atoms with Crippen molar-refractivity contribution in [1.82, 2.24) is 9.55 Å². The molecule has 4 heteroatoms. The van der Waals surface area contributed by atoms with E-state index in [4.69, 9.17) is 5.73 Å². The summed E-state index contributed by atoms with van der Waals surface area (Å²) in [6.45, 7) is 9.07. The van der Waals surface area contributed by atoms with E-state index >= 15 is 0 Å². The molecular formula is C11H20N4. The largest absolute Gasteiger partial charge is 0.387 e. The average molecular weight is 208 g/mol. The van der Waals surface area contributed by atoms with E-state index in [9.17, 15) is 0 Å². The van der Waals surface area contributed by atoms with Crippen LogP contribution in [0.5, 0.6) is 0 Å². The van der Waals surface area contributed by atoms with Crippen molar-refractivity contribution in [3.63, 3.8) is 0 Å². The van der Waals surface area contributed by atoms with Crippen LogP contribution in [0.3, 0.4) is 0 Å². The first-order valence-corrected chi connectivity index (χ1v) is 5.19. The molecule has 0 aromatic carbocycles. The standard InChI is InChI=1S/C11H20N4/c1-9(7-15-6-5-13-8-15)14-10(12)11(2,3)4/h5-6,8-9H,7H2,1-4H3,(H2,12,14). The van der Waals surface area contributed by atoms with Gasteiger partial charge in [-0.3, -0.25) is 4.99 Å². The Morgan fingerprint density at radius 3 is 2.67 bits per heavy atom. The molecule has 0 spiro atoms. The van der Waals surface area contributed by atoms with Gasteiger partial charge in [0, 0.05) is 24.4 Å². The zero-order valence-electron chi connectivity index (χ0n) is 9.94. The molecule has 4 nitrogen and oxygen atoms in total. The normalized spacial score (nSPS) is 15.3. The van der Waals surface area contributed by atoms with Gasteiger partial charge in [-0.2, -0.15) is 0 Å². The molecule has 1 atom stereocenters. The molecule has 2 N–H and O–H groups in total. The molecule has 0 saturated carbocycles. The minimum Gasteiger partial charge on any atom is -0.387 e. The zero-order valence-corrected chi connectivity index (χ0v) is 9.94. The van der Waals surface area contributed by atoms with Gasteiger partial charge in [0.25, 0.3) is 0 Å². The molecule has 1 aromatic heterocycles. The number of nitrogens with two attached hydrogens (primary N) is 1. The van der Waals surface area contributed by atoms with Crippen molar-refractivity contribution in [2.24, 2.45) is 16.1 Å². The van der Waals surface area contributed by atoms with E-state index in [0.717, 1.165) is 6.54 Å². The summed E-state index contributed by atoms with van der Waals surface area (Å²) >= 11 is 0. The van der Waals surface area contributed by atoms with Crippen molar-refractivity contribution in [1.29, 1.82) is 0 Å². The highest BCUT2D eigenvalue weighted by Gasteiger charge is 2.16. The summed E-state index contributed by atoms with van der Waals surface area (Å²) in [6, 6.07) is 0.179. The SMILES string of the molecule is CC(Cn1ccnc1)N=C(N)C(C)(C)C. The van der Waals surface area contributed by atoms with Crippen molar-refractivity contribution < 1.29 is 0 Å². The van der Waals surface area contributed by atoms with Crippen LogP contribution >= 0.6 is 0 Å². The van der Waals surface area contributed by atoms with Crippen LogP contribution in [0.15, 0.2) is 23.7 Å². The van der Waals surface area contributed by atoms with Gasteiger partial charge in [-0.15, -0.1) is 0 Å². The lowest BCUT2D eigenvalue weighted by Gasteiger charge is -2.19. The van der Waals surface area contributed by atoms with Crippen LogP contribution < -0.4 is 5.73 Å². The highest BCUT2D eigenvalue weighted by Crippen LogP contribution is 2.13. The van der Waals surface area contributed by atoms with Gasteiger partial charge in [-0.25, -0.2) is 4.98 Å². The summed E-state index contributed by atoms with van der Waals surface area (Å²) in [7, 11) is 0. The summed E-state index contributed by atoms with van der Waals surface area (Å²) in [5.41, 5.74) is 5.85. The van der Waals surface area contributed by atoms with Crippen LogP contribution in [-0.4, -0.2) is 21.4 Å². The molecule has 0 saturated heterocycles. The molecule has 15 heavy (non-hydrogen) atoms. The molecule has 0 fully saturated rings. The first-order valence-electron chi connectivity index (χ1n) is 5.19. The molecule has 0 bridgehead atoms. The summed E-state index contributed by atoms with van der Waals surface area (Å²) in [6.07, 6.45) is 5.49. The smallest absolute Gasteiger partial charge is 0.0995 e. The molecule has 0 aliphatic rings. The summed E-state index contributed by atoms with van der Waals surface area (Å²) in [4.78, 5) is 8.46. The highest BCUT2D eigenvalue weighted by atomic mass is 15.0. The first-order chi connectivity index (χ1) is 6.89. The van der Waals surface area contributed by atoms with Crippen molar-refractivity contribution in [2.75, 3.05) is 0 Å². The molecule has 0 amide bonds. The van der Waals surface area contributed by atoms with Gasteiger partial charge < -0.3 is 10.3 Å². The fourth-order valence-corrected chi connectivity index (χ4v) is 1.17. The molecule has 1 aromatic rings. The van der Waals surface area contributed by atoms with Gasteiger partial charge >= 0.3 is 0 Å². The number of aromatic nitrogens is 2. The summed E-state index contributed by atoms with van der Waals surface area (Å²) < 4.78 is 2.00. The zero-order chi connectivity index (χ0) is 11.5. The van der Waals surface area contributed by atoms with Crippen LogP contribution in [0.1, 0.15) is 27.7 Å². The lowest BCUT2D eigenvalue weighted by atomic mass is 9.95. The maximum Gasteiger partial charge on any atom is 0.0995 e. The lowest BCUT2D eigenvalue weighted by molar-refractivity contribution is 0.550. The second-order valence-corrected chi connectivity index (χ2v) is 4.87. The minimum atomic E-state index is -0.0524. The first kappa shape index (κ1) is 11.8. The number of rotatable bonds is 3. The number of hydrogen-bond donors (Lipinski definition) is 1. The number of hydrogen-bond acceptors (Lipinski definition) is 2. The monoisotopic (exact) mass is 208 g/mol. The van der Waals surface area contributed by atoms with Gasteiger partial charge in [-0.05, 0) is 6.92 Å². The lowest BCUT2D eigenvalue weighted by Crippen LogP contribution is -2.31. The Hall–Kier alpha value is -1.32. The van der Waals surface area contributed by atoms with E-state index < -0.39 is 0 Å². The second-order valence-electron chi connectivity index (χ2n) is 4.87. The summed E-state index contributed by atoms with van der Waals surface area (Å²) in [5, 5.41) is 0. The average Bonchev–Trinajstić information content (AvgIpc) is 2.54. The molecule has 84 valence electrons. The molecular weight excluding hydrogens is 188 g/mol. The Labute approximate surface area is 91.2 Å². The quantitative estimate of drug-likeness (QED) is 0.607. The second kappa shape index (κ2) is 4.47. The van der Waals surface area contributed by atoms with Gasteiger partial charge in [-0.1, -0.05) is 20.8 Å². The maximum absolute atomic E-state index is 5.91. The molecule has 1 heterocycles. The molecule has 0 radical (unpaired) electrons.